The second-order valence-corrected chi connectivity index (χ2v) is 6.23. The summed E-state index contributed by atoms with van der Waals surface area (Å²) in [4.78, 5) is 9.38. The maximum atomic E-state index is 5.11. The highest BCUT2D eigenvalue weighted by atomic mass is 16.5. The van der Waals surface area contributed by atoms with Crippen LogP contribution in [0.15, 0.2) is 36.4 Å². The highest BCUT2D eigenvalue weighted by molar-refractivity contribution is 5.61. The van der Waals surface area contributed by atoms with Gasteiger partial charge in [-0.1, -0.05) is 49.6 Å². The Labute approximate surface area is 143 Å². The van der Waals surface area contributed by atoms with Crippen LogP contribution < -0.4 is 10.6 Å². The molecular formula is C19H26N4O. The van der Waals surface area contributed by atoms with Crippen LogP contribution in [0.2, 0.25) is 0 Å². The molecule has 0 saturated heterocycles. The molecule has 0 spiro atoms. The van der Waals surface area contributed by atoms with Crippen molar-refractivity contribution < 1.29 is 4.74 Å². The van der Waals surface area contributed by atoms with E-state index in [1.807, 2.05) is 36.4 Å². The van der Waals surface area contributed by atoms with E-state index >= 15 is 0 Å². The van der Waals surface area contributed by atoms with E-state index in [4.69, 9.17) is 9.72 Å². The molecule has 0 unspecified atom stereocenters. The quantitative estimate of drug-likeness (QED) is 0.755. The van der Waals surface area contributed by atoms with E-state index in [0.29, 0.717) is 12.6 Å². The van der Waals surface area contributed by atoms with Gasteiger partial charge in [-0.2, -0.15) is 0 Å². The van der Waals surface area contributed by atoms with Crippen LogP contribution in [0.3, 0.4) is 0 Å². The Hall–Kier alpha value is -2.14. The van der Waals surface area contributed by atoms with Crippen molar-refractivity contribution >= 4 is 11.6 Å². The second-order valence-electron chi connectivity index (χ2n) is 6.23. The monoisotopic (exact) mass is 326 g/mol. The van der Waals surface area contributed by atoms with Crippen LogP contribution in [0.5, 0.6) is 0 Å². The van der Waals surface area contributed by atoms with Gasteiger partial charge in [-0.05, 0) is 12.8 Å². The number of hydrogen-bond acceptors (Lipinski definition) is 5. The maximum Gasteiger partial charge on any atom is 0.163 e. The highest BCUT2D eigenvalue weighted by Gasteiger charge is 2.15. The molecule has 1 aliphatic rings. The maximum absolute atomic E-state index is 5.11. The summed E-state index contributed by atoms with van der Waals surface area (Å²) in [6.45, 7) is 1.38. The molecule has 0 bridgehead atoms. The van der Waals surface area contributed by atoms with Gasteiger partial charge < -0.3 is 15.4 Å². The van der Waals surface area contributed by atoms with Gasteiger partial charge in [-0.25, -0.2) is 9.97 Å². The smallest absolute Gasteiger partial charge is 0.163 e. The van der Waals surface area contributed by atoms with Gasteiger partial charge in [0.05, 0.1) is 6.61 Å². The average molecular weight is 326 g/mol. The Morgan fingerprint density at radius 1 is 1.04 bits per heavy atom. The van der Waals surface area contributed by atoms with Gasteiger partial charge in [-0.15, -0.1) is 0 Å². The predicted molar refractivity (Wildman–Crippen MR) is 98.3 cm³/mol. The summed E-state index contributed by atoms with van der Waals surface area (Å²) < 4.78 is 5.11. The Morgan fingerprint density at radius 2 is 1.79 bits per heavy atom. The van der Waals surface area contributed by atoms with Crippen LogP contribution in [0.4, 0.5) is 11.6 Å². The summed E-state index contributed by atoms with van der Waals surface area (Å²) >= 11 is 0. The first-order valence-corrected chi connectivity index (χ1v) is 8.79. The lowest BCUT2D eigenvalue weighted by Crippen LogP contribution is -2.23. The van der Waals surface area contributed by atoms with Crippen molar-refractivity contribution in [3.05, 3.63) is 36.4 Å². The third-order valence-electron chi connectivity index (χ3n) is 4.33. The fraction of sp³-hybridized carbons (Fsp3) is 0.474. The largest absolute Gasteiger partial charge is 0.383 e. The van der Waals surface area contributed by atoms with E-state index in [9.17, 15) is 0 Å². The standard InChI is InChI=1S/C19H26N4O/c1-24-13-12-20-17-14-18(21-16-10-6-3-7-11-16)23-19(22-17)15-8-4-2-5-9-15/h2,4-5,8-9,14,16H,3,6-7,10-13H2,1H3,(H2,20,21,22,23). The van der Waals surface area contributed by atoms with Crippen LogP contribution in [-0.2, 0) is 4.74 Å². The van der Waals surface area contributed by atoms with Crippen molar-refractivity contribution in [3.8, 4) is 11.4 Å². The summed E-state index contributed by atoms with van der Waals surface area (Å²) in [6.07, 6.45) is 6.38. The summed E-state index contributed by atoms with van der Waals surface area (Å²) in [7, 11) is 1.70. The van der Waals surface area contributed by atoms with E-state index in [2.05, 4.69) is 15.6 Å². The summed E-state index contributed by atoms with van der Waals surface area (Å²) in [5.41, 5.74) is 1.03. The normalized spacial score (nSPS) is 15.2. The molecule has 2 N–H and O–H groups in total. The Bertz CT molecular complexity index is 627. The molecule has 5 heteroatoms. The molecule has 1 aromatic heterocycles. The van der Waals surface area contributed by atoms with Crippen LogP contribution >= 0.6 is 0 Å². The molecule has 1 fully saturated rings. The molecule has 2 aromatic rings. The molecule has 1 aromatic carbocycles. The Kier molecular flexibility index (Phi) is 6.01. The molecule has 24 heavy (non-hydrogen) atoms. The van der Waals surface area contributed by atoms with Gasteiger partial charge in [0, 0.05) is 31.3 Å². The van der Waals surface area contributed by atoms with E-state index < -0.39 is 0 Å². The van der Waals surface area contributed by atoms with E-state index in [-0.39, 0.29) is 0 Å². The Morgan fingerprint density at radius 3 is 2.54 bits per heavy atom. The number of ether oxygens (including phenoxy) is 1. The SMILES string of the molecule is COCCNc1cc(NC2CCCCC2)nc(-c2ccccc2)n1. The number of aromatic nitrogens is 2. The highest BCUT2D eigenvalue weighted by Crippen LogP contribution is 2.24. The van der Waals surface area contributed by atoms with Gasteiger partial charge in [0.15, 0.2) is 5.82 Å². The zero-order chi connectivity index (χ0) is 16.6. The first-order valence-electron chi connectivity index (χ1n) is 8.79. The number of methoxy groups -OCH3 is 1. The average Bonchev–Trinajstić information content (AvgIpc) is 2.63. The van der Waals surface area contributed by atoms with Gasteiger partial charge in [-0.3, -0.25) is 0 Å². The second kappa shape index (κ2) is 8.64. The number of nitrogens with one attached hydrogen (secondary N) is 2. The zero-order valence-corrected chi connectivity index (χ0v) is 14.3. The lowest BCUT2D eigenvalue weighted by atomic mass is 9.95. The fourth-order valence-electron chi connectivity index (χ4n) is 3.07. The van der Waals surface area contributed by atoms with E-state index in [0.717, 1.165) is 29.6 Å². The first-order chi connectivity index (χ1) is 11.8. The molecule has 128 valence electrons. The van der Waals surface area contributed by atoms with Crippen molar-refractivity contribution in [2.45, 2.75) is 38.1 Å². The van der Waals surface area contributed by atoms with Crippen LogP contribution in [0, 0.1) is 0 Å². The van der Waals surface area contributed by atoms with Gasteiger partial charge >= 0.3 is 0 Å². The zero-order valence-electron chi connectivity index (χ0n) is 14.3. The number of anilines is 2. The molecule has 5 nitrogen and oxygen atoms in total. The summed E-state index contributed by atoms with van der Waals surface area (Å²) in [5.74, 6) is 2.48. The minimum absolute atomic E-state index is 0.518. The molecule has 3 rings (SSSR count). The fourth-order valence-corrected chi connectivity index (χ4v) is 3.07. The lowest BCUT2D eigenvalue weighted by Gasteiger charge is -2.23. The number of nitrogens with zero attached hydrogens (tertiary/aromatic N) is 2. The minimum atomic E-state index is 0.518. The summed E-state index contributed by atoms with van der Waals surface area (Å²) in [6, 6.07) is 12.6. The molecule has 0 aliphatic heterocycles. The minimum Gasteiger partial charge on any atom is -0.383 e. The van der Waals surface area contributed by atoms with Crippen molar-refractivity contribution in [2.24, 2.45) is 0 Å². The Balaban J connectivity index is 1.81. The molecule has 1 heterocycles. The van der Waals surface area contributed by atoms with E-state index in [1.165, 1.54) is 32.1 Å². The molecule has 0 radical (unpaired) electrons. The molecular weight excluding hydrogens is 300 g/mol. The molecule has 0 atom stereocenters. The van der Waals surface area contributed by atoms with Crippen LogP contribution in [0.25, 0.3) is 11.4 Å². The van der Waals surface area contributed by atoms with Gasteiger partial charge in [0.1, 0.15) is 11.6 Å². The van der Waals surface area contributed by atoms with Crippen molar-refractivity contribution in [2.75, 3.05) is 30.9 Å². The van der Waals surface area contributed by atoms with Gasteiger partial charge in [0.2, 0.25) is 0 Å². The van der Waals surface area contributed by atoms with Crippen LogP contribution in [0.1, 0.15) is 32.1 Å². The van der Waals surface area contributed by atoms with Crippen molar-refractivity contribution in [3.63, 3.8) is 0 Å². The van der Waals surface area contributed by atoms with Crippen molar-refractivity contribution in [1.82, 2.24) is 9.97 Å². The predicted octanol–water partition coefficient (Wildman–Crippen LogP) is 3.95. The number of hydrogen-bond donors (Lipinski definition) is 2. The lowest BCUT2D eigenvalue weighted by molar-refractivity contribution is 0.210. The number of rotatable bonds is 7. The van der Waals surface area contributed by atoms with Crippen molar-refractivity contribution in [1.29, 1.82) is 0 Å². The van der Waals surface area contributed by atoms with Crippen LogP contribution in [-0.4, -0.2) is 36.3 Å². The molecule has 1 saturated carbocycles. The third kappa shape index (κ3) is 4.68. The number of benzene rings is 1. The molecule has 0 amide bonds. The summed E-state index contributed by atoms with van der Waals surface area (Å²) in [5, 5.41) is 6.92. The van der Waals surface area contributed by atoms with Gasteiger partial charge in [0.25, 0.3) is 0 Å². The third-order valence-corrected chi connectivity index (χ3v) is 4.33. The molecule has 1 aliphatic carbocycles. The topological polar surface area (TPSA) is 59.1 Å². The first kappa shape index (κ1) is 16.7. The van der Waals surface area contributed by atoms with E-state index in [1.54, 1.807) is 7.11 Å².